The van der Waals surface area contributed by atoms with Crippen molar-refractivity contribution in [2.75, 3.05) is 54.4 Å². The Balaban J connectivity index is 3.51. The molecule has 0 bridgehead atoms. The second-order valence-corrected chi connectivity index (χ2v) is 12.5. The van der Waals surface area contributed by atoms with Gasteiger partial charge in [0.1, 0.15) is 0 Å². The fourth-order valence-corrected chi connectivity index (χ4v) is 5.18. The van der Waals surface area contributed by atoms with Crippen molar-refractivity contribution >= 4 is 0 Å². The van der Waals surface area contributed by atoms with Gasteiger partial charge < -0.3 is 8.97 Å². The van der Waals surface area contributed by atoms with Gasteiger partial charge in [-0.2, -0.15) is 0 Å². The molecule has 0 aliphatic carbocycles. The van der Waals surface area contributed by atoms with E-state index in [1.165, 1.54) is 170 Å². The van der Waals surface area contributed by atoms with E-state index in [9.17, 15) is 0 Å². The van der Waals surface area contributed by atoms with Gasteiger partial charge in [0, 0.05) is 12.8 Å². The van der Waals surface area contributed by atoms with Crippen molar-refractivity contribution in [1.29, 1.82) is 0 Å². The first-order valence-electron chi connectivity index (χ1n) is 15.5. The molecular weight excluding hydrogens is 400 g/mol. The lowest BCUT2D eigenvalue weighted by molar-refractivity contribution is -0.897. The molecule has 0 saturated carbocycles. The molecule has 0 spiro atoms. The van der Waals surface area contributed by atoms with Crippen LogP contribution in [0.15, 0.2) is 0 Å². The number of rotatable bonds is 26. The zero-order valence-corrected chi connectivity index (χ0v) is 24.6. The van der Waals surface area contributed by atoms with Gasteiger partial charge in [0.25, 0.3) is 0 Å². The number of quaternary nitrogens is 2. The lowest BCUT2D eigenvalue weighted by Gasteiger charge is -2.32. The van der Waals surface area contributed by atoms with Crippen molar-refractivity contribution in [3.8, 4) is 0 Å². The van der Waals surface area contributed by atoms with Crippen molar-refractivity contribution in [3.63, 3.8) is 0 Å². The highest BCUT2D eigenvalue weighted by molar-refractivity contribution is 4.50. The number of hydrogen-bond acceptors (Lipinski definition) is 0. The first kappa shape index (κ1) is 32.9. The summed E-state index contributed by atoms with van der Waals surface area (Å²) < 4.78 is 2.45. The van der Waals surface area contributed by atoms with E-state index in [4.69, 9.17) is 0 Å². The van der Waals surface area contributed by atoms with Crippen molar-refractivity contribution < 1.29 is 8.97 Å². The summed E-state index contributed by atoms with van der Waals surface area (Å²) in [6, 6.07) is 0. The number of unbranched alkanes of at least 4 members (excludes halogenated alkanes) is 18. The minimum Gasteiger partial charge on any atom is -0.328 e. The molecule has 0 aliphatic rings. The Bertz CT molecular complexity index is 388. The van der Waals surface area contributed by atoms with Crippen LogP contribution in [0.3, 0.4) is 0 Å². The normalized spacial score (nSPS) is 12.5. The van der Waals surface area contributed by atoms with Gasteiger partial charge in [0.05, 0.1) is 54.4 Å². The van der Waals surface area contributed by atoms with Gasteiger partial charge in [-0.05, 0) is 25.7 Å². The highest BCUT2D eigenvalue weighted by Crippen LogP contribution is 2.14. The predicted molar refractivity (Wildman–Crippen MR) is 152 cm³/mol. The SMILES string of the molecule is CCCCCCCCCCCCCCCC[N+](C)(C)CCCC[N+](C)(C)CCCCCCC. The van der Waals surface area contributed by atoms with Crippen molar-refractivity contribution in [2.45, 2.75) is 149 Å². The molecule has 0 aromatic rings. The van der Waals surface area contributed by atoms with Crippen LogP contribution in [0.2, 0.25) is 0 Å². The predicted octanol–water partition coefficient (Wildman–Crippen LogP) is 9.37. The summed E-state index contributed by atoms with van der Waals surface area (Å²) in [5.74, 6) is 0. The number of nitrogens with zero attached hydrogens (tertiary/aromatic N) is 2. The third kappa shape index (κ3) is 24.8. The quantitative estimate of drug-likeness (QED) is 0.0875. The Labute approximate surface area is 212 Å². The standard InChI is InChI=1S/C31H68N2/c1-7-9-11-13-14-15-16-17-18-19-20-21-23-25-29-33(5,6)31-27-26-30-32(3,4)28-24-22-12-10-8-2/h7-31H2,1-6H3/q+2. The van der Waals surface area contributed by atoms with Crippen LogP contribution < -0.4 is 0 Å². The van der Waals surface area contributed by atoms with E-state index in [-0.39, 0.29) is 0 Å². The van der Waals surface area contributed by atoms with E-state index < -0.39 is 0 Å². The smallest absolute Gasteiger partial charge is 0.0784 e. The first-order chi connectivity index (χ1) is 15.8. The summed E-state index contributed by atoms with van der Waals surface area (Å²) in [5.41, 5.74) is 0. The minimum absolute atomic E-state index is 1.22. The molecule has 0 fully saturated rings. The molecule has 0 aliphatic heterocycles. The largest absolute Gasteiger partial charge is 0.328 e. The maximum Gasteiger partial charge on any atom is 0.0784 e. The number of hydrogen-bond donors (Lipinski definition) is 0. The van der Waals surface area contributed by atoms with Gasteiger partial charge in [-0.15, -0.1) is 0 Å². The van der Waals surface area contributed by atoms with E-state index in [2.05, 4.69) is 42.0 Å². The Morgan fingerprint density at radius 3 is 0.697 bits per heavy atom. The van der Waals surface area contributed by atoms with Gasteiger partial charge in [-0.3, -0.25) is 0 Å². The molecule has 0 amide bonds. The zero-order chi connectivity index (χ0) is 24.7. The second kappa shape index (κ2) is 22.4. The van der Waals surface area contributed by atoms with Crippen LogP contribution in [0.1, 0.15) is 149 Å². The van der Waals surface area contributed by atoms with Crippen LogP contribution in [0.25, 0.3) is 0 Å². The van der Waals surface area contributed by atoms with Gasteiger partial charge in [0.15, 0.2) is 0 Å². The van der Waals surface area contributed by atoms with Gasteiger partial charge in [-0.1, -0.05) is 110 Å². The summed E-state index contributed by atoms with van der Waals surface area (Å²) in [6.45, 7) is 10.1. The molecule has 2 nitrogen and oxygen atoms in total. The second-order valence-electron chi connectivity index (χ2n) is 12.5. The fraction of sp³-hybridized carbons (Fsp3) is 1.00. The molecule has 0 aromatic heterocycles. The van der Waals surface area contributed by atoms with Crippen molar-refractivity contribution in [3.05, 3.63) is 0 Å². The van der Waals surface area contributed by atoms with Gasteiger partial charge in [0.2, 0.25) is 0 Å². The molecule has 0 heterocycles. The zero-order valence-electron chi connectivity index (χ0n) is 24.6. The summed E-state index contributed by atoms with van der Waals surface area (Å²) in [5, 5.41) is 0. The van der Waals surface area contributed by atoms with E-state index in [0.29, 0.717) is 0 Å². The summed E-state index contributed by atoms with van der Waals surface area (Å²) >= 11 is 0. The summed E-state index contributed by atoms with van der Waals surface area (Å²) in [6.07, 6.45) is 30.2. The molecule has 0 rings (SSSR count). The lowest BCUT2D eigenvalue weighted by atomic mass is 10.0. The molecule has 0 unspecified atom stereocenters. The van der Waals surface area contributed by atoms with Crippen LogP contribution in [0.4, 0.5) is 0 Å². The average Bonchev–Trinajstić information content (AvgIpc) is 2.77. The highest BCUT2D eigenvalue weighted by atomic mass is 15.3. The van der Waals surface area contributed by atoms with E-state index >= 15 is 0 Å². The Morgan fingerprint density at radius 1 is 0.273 bits per heavy atom. The van der Waals surface area contributed by atoms with Crippen LogP contribution in [0.5, 0.6) is 0 Å². The molecule has 0 aromatic carbocycles. The Morgan fingerprint density at radius 2 is 0.455 bits per heavy atom. The minimum atomic E-state index is 1.22. The van der Waals surface area contributed by atoms with Crippen LogP contribution in [-0.4, -0.2) is 63.3 Å². The van der Waals surface area contributed by atoms with Gasteiger partial charge in [-0.25, -0.2) is 0 Å². The Kier molecular flexibility index (Phi) is 22.3. The monoisotopic (exact) mass is 469 g/mol. The van der Waals surface area contributed by atoms with Crippen LogP contribution in [-0.2, 0) is 0 Å². The summed E-state index contributed by atoms with van der Waals surface area (Å²) in [4.78, 5) is 0. The topological polar surface area (TPSA) is 0 Å². The fourth-order valence-electron chi connectivity index (χ4n) is 5.18. The van der Waals surface area contributed by atoms with Crippen LogP contribution in [0, 0.1) is 0 Å². The molecule has 33 heavy (non-hydrogen) atoms. The van der Waals surface area contributed by atoms with Crippen LogP contribution >= 0.6 is 0 Å². The van der Waals surface area contributed by atoms with E-state index in [0.717, 1.165) is 0 Å². The molecule has 0 radical (unpaired) electrons. The lowest BCUT2D eigenvalue weighted by Crippen LogP contribution is -2.43. The molecule has 0 N–H and O–H groups in total. The molecule has 0 atom stereocenters. The molecule has 0 saturated heterocycles. The van der Waals surface area contributed by atoms with E-state index in [1.807, 2.05) is 0 Å². The van der Waals surface area contributed by atoms with E-state index in [1.54, 1.807) is 0 Å². The maximum atomic E-state index is 2.45. The highest BCUT2D eigenvalue weighted by Gasteiger charge is 2.17. The third-order valence-electron chi connectivity index (χ3n) is 7.76. The van der Waals surface area contributed by atoms with Crippen molar-refractivity contribution in [1.82, 2.24) is 0 Å². The third-order valence-corrected chi connectivity index (χ3v) is 7.76. The van der Waals surface area contributed by atoms with Crippen molar-refractivity contribution in [2.24, 2.45) is 0 Å². The Hall–Kier alpha value is -0.0800. The average molecular weight is 469 g/mol. The maximum absolute atomic E-state index is 2.45. The summed E-state index contributed by atoms with van der Waals surface area (Å²) in [7, 11) is 9.79. The molecule has 200 valence electrons. The van der Waals surface area contributed by atoms with Gasteiger partial charge >= 0.3 is 0 Å². The first-order valence-corrected chi connectivity index (χ1v) is 15.5. The molecular formula is C31H68N2+2. The molecule has 2 heteroatoms.